The minimum atomic E-state index is -4.96. The third-order valence-electron chi connectivity index (χ3n) is 4.28. The van der Waals surface area contributed by atoms with Crippen LogP contribution < -0.4 is 5.32 Å². The molecule has 2 heterocycles. The number of aromatic nitrogens is 3. The van der Waals surface area contributed by atoms with Gasteiger partial charge < -0.3 is 5.11 Å². The molecule has 3 rings (SSSR count). The van der Waals surface area contributed by atoms with Crippen molar-refractivity contribution in [1.29, 1.82) is 0 Å². The zero-order chi connectivity index (χ0) is 20.0. The highest BCUT2D eigenvalue weighted by atomic mass is 19.4. The SMILES string of the molecule is O=C(C[C@H](O)C(F)(F)F)Nc1nc2ccc(C(F)(F)F)nc2n1C1CCC1. The summed E-state index contributed by atoms with van der Waals surface area (Å²) in [7, 11) is 0. The van der Waals surface area contributed by atoms with Crippen molar-refractivity contribution < 1.29 is 36.2 Å². The molecule has 1 saturated carbocycles. The van der Waals surface area contributed by atoms with E-state index in [-0.39, 0.29) is 23.2 Å². The van der Waals surface area contributed by atoms with Crippen LogP contribution in [-0.4, -0.2) is 37.8 Å². The first-order chi connectivity index (χ1) is 12.5. The van der Waals surface area contributed by atoms with Crippen LogP contribution in [-0.2, 0) is 11.0 Å². The minimum absolute atomic E-state index is 0.0709. The van der Waals surface area contributed by atoms with E-state index in [1.165, 1.54) is 4.57 Å². The maximum absolute atomic E-state index is 12.9. The second-order valence-electron chi connectivity index (χ2n) is 6.24. The molecule has 27 heavy (non-hydrogen) atoms. The van der Waals surface area contributed by atoms with E-state index in [1.807, 2.05) is 0 Å². The summed E-state index contributed by atoms with van der Waals surface area (Å²) < 4.78 is 77.2. The van der Waals surface area contributed by atoms with E-state index in [1.54, 1.807) is 0 Å². The fourth-order valence-electron chi connectivity index (χ4n) is 2.68. The number of amides is 1. The maximum Gasteiger partial charge on any atom is 0.433 e. The molecule has 0 aliphatic heterocycles. The molecule has 1 aliphatic rings. The summed E-state index contributed by atoms with van der Waals surface area (Å²) in [5.41, 5.74) is -1.18. The van der Waals surface area contributed by atoms with Crippen LogP contribution in [0.5, 0.6) is 0 Å². The number of hydrogen-bond acceptors (Lipinski definition) is 4. The van der Waals surface area contributed by atoms with Crippen LogP contribution in [0.1, 0.15) is 37.4 Å². The van der Waals surface area contributed by atoms with E-state index in [2.05, 4.69) is 15.3 Å². The van der Waals surface area contributed by atoms with Crippen molar-refractivity contribution in [2.75, 3.05) is 5.32 Å². The highest BCUT2D eigenvalue weighted by molar-refractivity contribution is 5.91. The number of nitrogens with one attached hydrogen (secondary N) is 1. The van der Waals surface area contributed by atoms with Gasteiger partial charge in [-0.25, -0.2) is 9.97 Å². The lowest BCUT2D eigenvalue weighted by atomic mass is 9.93. The summed E-state index contributed by atoms with van der Waals surface area (Å²) in [6.07, 6.45) is -11.7. The number of fused-ring (bicyclic) bond motifs is 1. The molecule has 148 valence electrons. The fraction of sp³-hybridized carbons (Fsp3) is 0.533. The van der Waals surface area contributed by atoms with Gasteiger partial charge in [-0.2, -0.15) is 26.3 Å². The Kier molecular flexibility index (Phi) is 4.78. The van der Waals surface area contributed by atoms with Crippen molar-refractivity contribution in [3.63, 3.8) is 0 Å². The number of aliphatic hydroxyl groups is 1. The molecule has 12 heteroatoms. The van der Waals surface area contributed by atoms with Gasteiger partial charge in [0.1, 0.15) is 11.2 Å². The van der Waals surface area contributed by atoms with Crippen LogP contribution in [0.3, 0.4) is 0 Å². The van der Waals surface area contributed by atoms with Gasteiger partial charge in [-0.1, -0.05) is 0 Å². The Morgan fingerprint density at radius 2 is 1.89 bits per heavy atom. The zero-order valence-corrected chi connectivity index (χ0v) is 13.6. The Labute approximate surface area is 148 Å². The molecular formula is C15H14F6N4O2. The molecule has 1 atom stereocenters. The van der Waals surface area contributed by atoms with Gasteiger partial charge in [0.2, 0.25) is 11.9 Å². The van der Waals surface area contributed by atoms with Gasteiger partial charge in [0.15, 0.2) is 11.8 Å². The van der Waals surface area contributed by atoms with Gasteiger partial charge in [-0.05, 0) is 31.4 Å². The molecule has 1 fully saturated rings. The third kappa shape index (κ3) is 3.99. The number of carbonyl (C=O) groups excluding carboxylic acids is 1. The van der Waals surface area contributed by atoms with Gasteiger partial charge in [0.05, 0.1) is 6.42 Å². The lowest BCUT2D eigenvalue weighted by molar-refractivity contribution is -0.205. The molecule has 1 amide bonds. The van der Waals surface area contributed by atoms with E-state index in [0.29, 0.717) is 12.8 Å². The number of imidazole rings is 1. The van der Waals surface area contributed by atoms with Crippen LogP contribution in [0, 0.1) is 0 Å². The number of rotatable bonds is 4. The van der Waals surface area contributed by atoms with Gasteiger partial charge in [0, 0.05) is 6.04 Å². The van der Waals surface area contributed by atoms with Gasteiger partial charge >= 0.3 is 12.4 Å². The summed E-state index contributed by atoms with van der Waals surface area (Å²) in [4.78, 5) is 19.4. The number of nitrogens with zero attached hydrogens (tertiary/aromatic N) is 3. The van der Waals surface area contributed by atoms with Crippen LogP contribution in [0.4, 0.5) is 32.3 Å². The summed E-state index contributed by atoms with van der Waals surface area (Å²) in [5.74, 6) is -1.35. The van der Waals surface area contributed by atoms with E-state index >= 15 is 0 Å². The Morgan fingerprint density at radius 3 is 2.41 bits per heavy atom. The predicted molar refractivity (Wildman–Crippen MR) is 80.7 cm³/mol. The van der Waals surface area contributed by atoms with Crippen LogP contribution in [0.15, 0.2) is 12.1 Å². The number of pyridine rings is 1. The quantitative estimate of drug-likeness (QED) is 0.777. The van der Waals surface area contributed by atoms with Crippen LogP contribution >= 0.6 is 0 Å². The van der Waals surface area contributed by atoms with Gasteiger partial charge in [-0.15, -0.1) is 0 Å². The first kappa shape index (κ1) is 19.4. The van der Waals surface area contributed by atoms with E-state index in [4.69, 9.17) is 5.11 Å². The Balaban J connectivity index is 1.94. The predicted octanol–water partition coefficient (Wildman–Crippen LogP) is 3.43. The molecule has 0 spiro atoms. The summed E-state index contributed by atoms with van der Waals surface area (Å²) in [5, 5.41) is 11.1. The summed E-state index contributed by atoms with van der Waals surface area (Å²) in [6.45, 7) is 0. The Hall–Kier alpha value is -2.37. The van der Waals surface area contributed by atoms with Crippen molar-refractivity contribution in [2.45, 2.75) is 50.2 Å². The molecule has 6 nitrogen and oxygen atoms in total. The standard InChI is InChI=1S/C15H14F6N4O2/c16-14(17,18)9-5-4-8-12(23-9)25(7-2-1-3-7)13(22-8)24-11(27)6-10(26)15(19,20)21/h4-5,7,10,26H,1-3,6H2,(H,22,24,27)/t10-/m0/s1. The first-order valence-electron chi connectivity index (χ1n) is 7.97. The molecule has 0 saturated heterocycles. The van der Waals surface area contributed by atoms with Gasteiger partial charge in [0.25, 0.3) is 0 Å². The lowest BCUT2D eigenvalue weighted by Crippen LogP contribution is -2.33. The summed E-state index contributed by atoms with van der Waals surface area (Å²) in [6, 6.07) is 1.55. The Bertz CT molecular complexity index is 856. The molecule has 0 radical (unpaired) electrons. The largest absolute Gasteiger partial charge is 0.433 e. The molecule has 2 N–H and O–H groups in total. The zero-order valence-electron chi connectivity index (χ0n) is 13.6. The Morgan fingerprint density at radius 1 is 1.22 bits per heavy atom. The van der Waals surface area contributed by atoms with Crippen LogP contribution in [0.25, 0.3) is 11.2 Å². The highest BCUT2D eigenvalue weighted by Crippen LogP contribution is 2.38. The fourth-order valence-corrected chi connectivity index (χ4v) is 2.68. The molecule has 1 aliphatic carbocycles. The van der Waals surface area contributed by atoms with Crippen molar-refractivity contribution in [2.24, 2.45) is 0 Å². The van der Waals surface area contributed by atoms with Crippen molar-refractivity contribution >= 4 is 23.0 Å². The number of alkyl halides is 6. The van der Waals surface area contributed by atoms with Crippen molar-refractivity contribution in [1.82, 2.24) is 14.5 Å². The second-order valence-corrected chi connectivity index (χ2v) is 6.24. The molecule has 2 aromatic rings. The monoisotopic (exact) mass is 396 g/mol. The minimum Gasteiger partial charge on any atom is -0.383 e. The molecule has 0 unspecified atom stereocenters. The van der Waals surface area contributed by atoms with Crippen molar-refractivity contribution in [3.05, 3.63) is 17.8 Å². The number of carbonyl (C=O) groups is 1. The summed E-state index contributed by atoms with van der Waals surface area (Å²) >= 11 is 0. The molecule has 0 aromatic carbocycles. The molecule has 0 bridgehead atoms. The third-order valence-corrected chi connectivity index (χ3v) is 4.28. The van der Waals surface area contributed by atoms with Gasteiger partial charge in [-0.3, -0.25) is 14.7 Å². The topological polar surface area (TPSA) is 80.0 Å². The molecular weight excluding hydrogens is 382 g/mol. The number of halogens is 6. The highest BCUT2D eigenvalue weighted by Gasteiger charge is 2.40. The van der Waals surface area contributed by atoms with Crippen LogP contribution in [0.2, 0.25) is 0 Å². The average Bonchev–Trinajstić information content (AvgIpc) is 2.81. The average molecular weight is 396 g/mol. The first-order valence-corrected chi connectivity index (χ1v) is 7.97. The van der Waals surface area contributed by atoms with E-state index in [9.17, 15) is 31.1 Å². The molecule has 2 aromatic heterocycles. The van der Waals surface area contributed by atoms with E-state index < -0.39 is 36.5 Å². The normalized spacial score (nSPS) is 17.0. The number of aliphatic hydroxyl groups excluding tert-OH is 1. The van der Waals surface area contributed by atoms with Crippen molar-refractivity contribution in [3.8, 4) is 0 Å². The number of anilines is 1. The van der Waals surface area contributed by atoms with E-state index in [0.717, 1.165) is 18.6 Å². The maximum atomic E-state index is 12.9. The number of hydrogen-bond donors (Lipinski definition) is 2. The lowest BCUT2D eigenvalue weighted by Gasteiger charge is -2.28. The second kappa shape index (κ2) is 6.66. The smallest absolute Gasteiger partial charge is 0.383 e.